The molecule has 182 valence electrons. The molecule has 2 atom stereocenters. The van der Waals surface area contributed by atoms with Crippen molar-refractivity contribution in [2.24, 2.45) is 0 Å². The van der Waals surface area contributed by atoms with Gasteiger partial charge in [-0.05, 0) is 53.3 Å². The van der Waals surface area contributed by atoms with Crippen molar-refractivity contribution in [2.45, 2.75) is 49.3 Å². The summed E-state index contributed by atoms with van der Waals surface area (Å²) >= 11 is 0. The highest BCUT2D eigenvalue weighted by molar-refractivity contribution is 5.79. The van der Waals surface area contributed by atoms with Gasteiger partial charge in [0.25, 0.3) is 0 Å². The minimum atomic E-state index is -1.19. The average Bonchev–Trinajstić information content (AvgIpc) is 3.38. The summed E-state index contributed by atoms with van der Waals surface area (Å²) in [5, 5.41) is 21.3. The highest BCUT2D eigenvalue weighted by atomic mass is 16.6. The number of benzene rings is 3. The molecule has 0 radical (unpaired) electrons. The molecule has 1 aliphatic carbocycles. The van der Waals surface area contributed by atoms with Crippen LogP contribution in [0.3, 0.4) is 0 Å². The second-order valence-electron chi connectivity index (χ2n) is 10.1. The Morgan fingerprint density at radius 2 is 1.64 bits per heavy atom. The Labute approximate surface area is 210 Å². The van der Waals surface area contributed by atoms with E-state index in [1.807, 2.05) is 29.2 Å². The van der Waals surface area contributed by atoms with E-state index in [1.54, 1.807) is 25.3 Å². The van der Waals surface area contributed by atoms with Gasteiger partial charge in [-0.2, -0.15) is 5.26 Å². The summed E-state index contributed by atoms with van der Waals surface area (Å²) in [6.45, 7) is 0.279. The predicted molar refractivity (Wildman–Crippen MR) is 135 cm³/mol. The van der Waals surface area contributed by atoms with E-state index in [9.17, 15) is 15.2 Å². The third kappa shape index (κ3) is 3.54. The number of rotatable bonds is 4. The van der Waals surface area contributed by atoms with E-state index in [-0.39, 0.29) is 30.7 Å². The second kappa shape index (κ2) is 8.69. The molecule has 2 aliphatic heterocycles. The lowest BCUT2D eigenvalue weighted by Crippen LogP contribution is -2.52. The van der Waals surface area contributed by atoms with Crippen LogP contribution in [-0.4, -0.2) is 41.9 Å². The largest absolute Gasteiger partial charge is 0.497 e. The number of piperidine rings is 1. The molecule has 2 fully saturated rings. The molecule has 3 aromatic rings. The molecule has 6 heteroatoms. The molecule has 3 aromatic carbocycles. The first-order valence-electron chi connectivity index (χ1n) is 12.5. The number of nitriles is 1. The first kappa shape index (κ1) is 22.6. The number of amides is 1. The Bertz CT molecular complexity index is 1320. The van der Waals surface area contributed by atoms with Crippen molar-refractivity contribution in [1.29, 1.82) is 5.26 Å². The van der Waals surface area contributed by atoms with E-state index >= 15 is 0 Å². The van der Waals surface area contributed by atoms with Crippen molar-refractivity contribution in [1.82, 2.24) is 4.90 Å². The predicted octanol–water partition coefficient (Wildman–Crippen LogP) is 5.33. The molecular formula is C30H28N2O4. The molecule has 0 spiro atoms. The van der Waals surface area contributed by atoms with Crippen molar-refractivity contribution in [3.8, 4) is 22.9 Å². The number of aliphatic hydroxyl groups is 1. The highest BCUT2D eigenvalue weighted by Gasteiger charge is 2.51. The number of nitrogens with zero attached hydrogens (tertiary/aromatic N) is 2. The van der Waals surface area contributed by atoms with E-state index in [2.05, 4.69) is 30.3 Å². The maximum absolute atomic E-state index is 13.4. The molecule has 1 N–H and O–H groups in total. The zero-order valence-corrected chi connectivity index (χ0v) is 20.2. The van der Waals surface area contributed by atoms with Gasteiger partial charge in [0, 0.05) is 36.4 Å². The van der Waals surface area contributed by atoms with Crippen LogP contribution in [0, 0.1) is 11.3 Å². The molecule has 1 amide bonds. The molecule has 2 unspecified atom stereocenters. The van der Waals surface area contributed by atoms with Crippen LogP contribution < -0.4 is 4.74 Å². The van der Waals surface area contributed by atoms with Crippen molar-refractivity contribution in [3.05, 3.63) is 89.0 Å². The van der Waals surface area contributed by atoms with Gasteiger partial charge in [-0.1, -0.05) is 48.5 Å². The minimum absolute atomic E-state index is 0.00990. The van der Waals surface area contributed by atoms with E-state index in [4.69, 9.17) is 9.47 Å². The van der Waals surface area contributed by atoms with Gasteiger partial charge in [-0.3, -0.25) is 0 Å². The first-order valence-corrected chi connectivity index (χ1v) is 12.5. The summed E-state index contributed by atoms with van der Waals surface area (Å²) < 4.78 is 11.3. The van der Waals surface area contributed by atoms with Gasteiger partial charge in [0.2, 0.25) is 0 Å². The van der Waals surface area contributed by atoms with Crippen LogP contribution in [0.4, 0.5) is 4.79 Å². The van der Waals surface area contributed by atoms with E-state index in [0.717, 1.165) is 12.8 Å². The highest BCUT2D eigenvalue weighted by Crippen LogP contribution is 2.48. The summed E-state index contributed by atoms with van der Waals surface area (Å²) in [7, 11) is 1.57. The Kier molecular flexibility index (Phi) is 5.46. The van der Waals surface area contributed by atoms with Gasteiger partial charge in [0.15, 0.2) is 0 Å². The average molecular weight is 481 g/mol. The maximum atomic E-state index is 13.4. The third-order valence-corrected chi connectivity index (χ3v) is 8.16. The number of methoxy groups -OCH3 is 1. The standard InChI is InChI=1S/C30H28N2O4/c1-35-22-13-10-19(17-31)28(14-22)30(34)15-20-11-12-21(16-30)32(20)29(33)36-18-27-25-8-4-2-6-23(25)24-7-3-5-9-26(24)27/h2-10,13-14,20-21,27,34H,11-12,15-16,18H2,1H3. The Morgan fingerprint density at radius 1 is 1.03 bits per heavy atom. The van der Waals surface area contributed by atoms with Gasteiger partial charge >= 0.3 is 6.09 Å². The topological polar surface area (TPSA) is 82.8 Å². The van der Waals surface area contributed by atoms with Crippen LogP contribution in [0.5, 0.6) is 5.75 Å². The van der Waals surface area contributed by atoms with E-state index in [1.165, 1.54) is 22.3 Å². The monoisotopic (exact) mass is 480 g/mol. The lowest BCUT2D eigenvalue weighted by atomic mass is 9.78. The smallest absolute Gasteiger partial charge is 0.410 e. The molecule has 6 rings (SSSR count). The molecule has 2 saturated heterocycles. The van der Waals surface area contributed by atoms with Crippen LogP contribution >= 0.6 is 0 Å². The summed E-state index contributed by atoms with van der Waals surface area (Å²) in [5.41, 5.74) is 4.59. The Balaban J connectivity index is 1.20. The summed E-state index contributed by atoms with van der Waals surface area (Å²) in [5.74, 6) is 0.611. The number of carbonyl (C=O) groups is 1. The SMILES string of the molecule is COc1ccc(C#N)c(C2(O)CC3CCC(C2)N3C(=O)OCC2c3ccccc3-c3ccccc32)c1. The van der Waals surface area contributed by atoms with Gasteiger partial charge < -0.3 is 19.5 Å². The zero-order chi connectivity index (χ0) is 24.9. The molecular weight excluding hydrogens is 452 g/mol. The van der Waals surface area contributed by atoms with Crippen LogP contribution in [-0.2, 0) is 10.3 Å². The molecule has 0 saturated carbocycles. The van der Waals surface area contributed by atoms with Gasteiger partial charge in [0.1, 0.15) is 12.4 Å². The fourth-order valence-corrected chi connectivity index (χ4v) is 6.54. The molecule has 0 aromatic heterocycles. The van der Waals surface area contributed by atoms with Crippen molar-refractivity contribution < 1.29 is 19.4 Å². The number of hydrogen-bond acceptors (Lipinski definition) is 5. The number of hydrogen-bond donors (Lipinski definition) is 1. The van der Waals surface area contributed by atoms with Gasteiger partial charge in [-0.15, -0.1) is 0 Å². The van der Waals surface area contributed by atoms with Crippen molar-refractivity contribution >= 4 is 6.09 Å². The number of carbonyl (C=O) groups excluding carboxylic acids is 1. The molecule has 6 nitrogen and oxygen atoms in total. The molecule has 2 bridgehead atoms. The summed E-state index contributed by atoms with van der Waals surface area (Å²) in [6.07, 6.45) is 2.04. The lowest BCUT2D eigenvalue weighted by Gasteiger charge is -2.43. The number of fused-ring (bicyclic) bond motifs is 5. The van der Waals surface area contributed by atoms with Gasteiger partial charge in [-0.25, -0.2) is 4.79 Å². The van der Waals surface area contributed by atoms with Crippen LogP contribution in [0.15, 0.2) is 66.7 Å². The zero-order valence-electron chi connectivity index (χ0n) is 20.2. The lowest BCUT2D eigenvalue weighted by molar-refractivity contribution is -0.0533. The quantitative estimate of drug-likeness (QED) is 0.546. The summed E-state index contributed by atoms with van der Waals surface area (Å²) in [6, 6.07) is 23.7. The maximum Gasteiger partial charge on any atom is 0.410 e. The van der Waals surface area contributed by atoms with Crippen molar-refractivity contribution in [2.75, 3.05) is 13.7 Å². The van der Waals surface area contributed by atoms with Crippen LogP contribution in [0.2, 0.25) is 0 Å². The van der Waals surface area contributed by atoms with E-state index in [0.29, 0.717) is 29.7 Å². The van der Waals surface area contributed by atoms with E-state index < -0.39 is 5.60 Å². The van der Waals surface area contributed by atoms with Crippen molar-refractivity contribution in [3.63, 3.8) is 0 Å². The normalized spacial score (nSPS) is 24.1. The Morgan fingerprint density at radius 3 is 2.22 bits per heavy atom. The fourth-order valence-electron chi connectivity index (χ4n) is 6.54. The first-order chi connectivity index (χ1) is 17.5. The molecule has 36 heavy (non-hydrogen) atoms. The fraction of sp³-hybridized carbons (Fsp3) is 0.333. The summed E-state index contributed by atoms with van der Waals surface area (Å²) in [4.78, 5) is 15.2. The minimum Gasteiger partial charge on any atom is -0.497 e. The van der Waals surface area contributed by atoms with Crippen LogP contribution in [0.1, 0.15) is 53.9 Å². The van der Waals surface area contributed by atoms with Crippen LogP contribution in [0.25, 0.3) is 11.1 Å². The molecule has 3 aliphatic rings. The second-order valence-corrected chi connectivity index (χ2v) is 10.1. The third-order valence-electron chi connectivity index (χ3n) is 8.16. The van der Waals surface area contributed by atoms with Gasteiger partial charge in [0.05, 0.1) is 24.3 Å². The number of ether oxygens (including phenoxy) is 2. The Hall–Kier alpha value is -3.82. The molecule has 2 heterocycles.